The summed E-state index contributed by atoms with van der Waals surface area (Å²) in [6, 6.07) is 0. The third kappa shape index (κ3) is 5.37. The fourth-order valence-electron chi connectivity index (χ4n) is 3.74. The lowest BCUT2D eigenvalue weighted by molar-refractivity contribution is -0.141. The number of hydrogen-bond donors (Lipinski definition) is 0. The lowest BCUT2D eigenvalue weighted by Crippen LogP contribution is -2.53. The second-order valence-corrected chi connectivity index (χ2v) is 9.26. The number of rotatable bonds is 2. The molecule has 3 heterocycles. The summed E-state index contributed by atoms with van der Waals surface area (Å²) in [5.41, 5.74) is -2.19. The summed E-state index contributed by atoms with van der Waals surface area (Å²) in [5, 5.41) is 0. The number of carbonyl (C=O) groups excluding carboxylic acids is 2. The molecular weight excluding hydrogens is 415 g/mol. The summed E-state index contributed by atoms with van der Waals surface area (Å²) in [5.74, 6) is 0.176. The molecule has 8 nitrogen and oxygen atoms in total. The van der Waals surface area contributed by atoms with E-state index >= 15 is 0 Å². The Labute approximate surface area is 179 Å². The van der Waals surface area contributed by atoms with E-state index in [1.54, 1.807) is 35.5 Å². The van der Waals surface area contributed by atoms with Gasteiger partial charge in [0.05, 0.1) is 11.0 Å². The monoisotopic (exact) mass is 443 g/mol. The molecule has 172 valence electrons. The molecule has 31 heavy (non-hydrogen) atoms. The molecule has 2 saturated heterocycles. The maximum Gasteiger partial charge on any atom is 0.419 e. The Hall–Kier alpha value is -2.59. The third-order valence-corrected chi connectivity index (χ3v) is 5.46. The van der Waals surface area contributed by atoms with Gasteiger partial charge in [-0.05, 0) is 34.1 Å². The van der Waals surface area contributed by atoms with E-state index in [0.29, 0.717) is 45.7 Å². The Morgan fingerprint density at radius 2 is 1.58 bits per heavy atom. The van der Waals surface area contributed by atoms with Gasteiger partial charge < -0.3 is 19.4 Å². The van der Waals surface area contributed by atoms with Crippen molar-refractivity contribution in [3.05, 3.63) is 18.0 Å². The van der Waals surface area contributed by atoms with Gasteiger partial charge in [-0.25, -0.2) is 14.8 Å². The van der Waals surface area contributed by atoms with Crippen LogP contribution in [0.4, 0.5) is 23.9 Å². The van der Waals surface area contributed by atoms with Crippen LogP contribution < -0.4 is 4.90 Å². The van der Waals surface area contributed by atoms with Crippen LogP contribution in [0.1, 0.15) is 39.7 Å². The third-order valence-electron chi connectivity index (χ3n) is 5.46. The van der Waals surface area contributed by atoms with Crippen molar-refractivity contribution in [2.75, 3.05) is 44.2 Å². The summed E-state index contributed by atoms with van der Waals surface area (Å²) in [7, 11) is 0. The molecular formula is C20H28F3N5O3. The van der Waals surface area contributed by atoms with Crippen LogP contribution in [-0.4, -0.2) is 76.6 Å². The topological polar surface area (TPSA) is 78.9 Å². The first-order chi connectivity index (χ1) is 14.3. The van der Waals surface area contributed by atoms with Crippen molar-refractivity contribution < 1.29 is 27.5 Å². The van der Waals surface area contributed by atoms with Crippen molar-refractivity contribution in [2.24, 2.45) is 5.41 Å². The number of amides is 2. The molecule has 0 aliphatic carbocycles. The number of alkyl halides is 3. The molecule has 11 heteroatoms. The first-order valence-corrected chi connectivity index (χ1v) is 10.2. The van der Waals surface area contributed by atoms with Gasteiger partial charge in [0, 0.05) is 51.7 Å². The molecule has 2 fully saturated rings. The number of aromatic nitrogens is 2. The zero-order valence-corrected chi connectivity index (χ0v) is 18.2. The molecule has 2 aliphatic rings. The Morgan fingerprint density at radius 3 is 2.10 bits per heavy atom. The molecule has 2 amide bonds. The highest BCUT2D eigenvalue weighted by molar-refractivity contribution is 5.84. The normalized spacial score (nSPS) is 22.6. The average Bonchev–Trinajstić information content (AvgIpc) is 3.09. The van der Waals surface area contributed by atoms with Crippen molar-refractivity contribution in [2.45, 2.75) is 45.9 Å². The van der Waals surface area contributed by atoms with Crippen LogP contribution in [0.15, 0.2) is 12.4 Å². The van der Waals surface area contributed by atoms with Crippen LogP contribution in [0.3, 0.4) is 0 Å². The highest BCUT2D eigenvalue weighted by atomic mass is 19.4. The van der Waals surface area contributed by atoms with E-state index in [9.17, 15) is 22.8 Å². The first kappa shape index (κ1) is 23.1. The second-order valence-electron chi connectivity index (χ2n) is 9.26. The number of hydrogen-bond acceptors (Lipinski definition) is 6. The van der Waals surface area contributed by atoms with Gasteiger partial charge in [-0.2, -0.15) is 13.2 Å². The number of carbonyl (C=O) groups is 2. The van der Waals surface area contributed by atoms with Crippen LogP contribution in [-0.2, 0) is 15.7 Å². The molecule has 0 spiro atoms. The molecule has 0 saturated carbocycles. The van der Waals surface area contributed by atoms with E-state index < -0.39 is 28.8 Å². The van der Waals surface area contributed by atoms with E-state index in [2.05, 4.69) is 9.97 Å². The summed E-state index contributed by atoms with van der Waals surface area (Å²) < 4.78 is 43.4. The number of ether oxygens (including phenoxy) is 1. The van der Waals surface area contributed by atoms with Gasteiger partial charge in [0.1, 0.15) is 5.60 Å². The fourth-order valence-corrected chi connectivity index (χ4v) is 3.74. The van der Waals surface area contributed by atoms with Crippen molar-refractivity contribution >= 4 is 17.9 Å². The Balaban J connectivity index is 1.56. The minimum absolute atomic E-state index is 0.0356. The smallest absolute Gasteiger partial charge is 0.419 e. The molecule has 0 bridgehead atoms. The predicted molar refractivity (Wildman–Crippen MR) is 106 cm³/mol. The fraction of sp³-hybridized carbons (Fsp3) is 0.700. The van der Waals surface area contributed by atoms with Crippen LogP contribution in [0.5, 0.6) is 0 Å². The Morgan fingerprint density at radius 1 is 1.00 bits per heavy atom. The van der Waals surface area contributed by atoms with Crippen LogP contribution in [0.25, 0.3) is 0 Å². The quantitative estimate of drug-likeness (QED) is 0.700. The zero-order valence-electron chi connectivity index (χ0n) is 18.2. The maximum absolute atomic E-state index is 13.1. The highest BCUT2D eigenvalue weighted by Crippen LogP contribution is 2.33. The first-order valence-electron chi connectivity index (χ1n) is 10.2. The summed E-state index contributed by atoms with van der Waals surface area (Å²) in [4.78, 5) is 38.2. The van der Waals surface area contributed by atoms with Gasteiger partial charge in [0.25, 0.3) is 0 Å². The summed E-state index contributed by atoms with van der Waals surface area (Å²) in [6.45, 7) is 9.65. The lowest BCUT2D eigenvalue weighted by atomic mass is 9.88. The maximum atomic E-state index is 13.1. The molecule has 3 rings (SSSR count). The predicted octanol–water partition coefficient (Wildman–Crippen LogP) is 2.79. The Kier molecular flexibility index (Phi) is 6.07. The molecule has 0 radical (unpaired) electrons. The van der Waals surface area contributed by atoms with Gasteiger partial charge in [0.2, 0.25) is 11.9 Å². The molecule has 2 aliphatic heterocycles. The number of piperazine rings is 1. The van der Waals surface area contributed by atoms with Crippen molar-refractivity contribution in [1.29, 1.82) is 0 Å². The molecule has 1 aromatic heterocycles. The van der Waals surface area contributed by atoms with Crippen molar-refractivity contribution in [1.82, 2.24) is 19.8 Å². The zero-order chi connectivity index (χ0) is 23.0. The van der Waals surface area contributed by atoms with Gasteiger partial charge in [-0.15, -0.1) is 0 Å². The number of likely N-dealkylation sites (tertiary alicyclic amines) is 1. The highest BCUT2D eigenvalue weighted by Gasteiger charge is 2.45. The lowest BCUT2D eigenvalue weighted by Gasteiger charge is -2.38. The molecule has 1 aromatic rings. The van der Waals surface area contributed by atoms with Gasteiger partial charge in [-0.3, -0.25) is 4.79 Å². The number of anilines is 1. The molecule has 1 unspecified atom stereocenters. The second kappa shape index (κ2) is 8.16. The molecule has 1 atom stereocenters. The van der Waals surface area contributed by atoms with Crippen molar-refractivity contribution in [3.63, 3.8) is 0 Å². The summed E-state index contributed by atoms with van der Waals surface area (Å²) >= 11 is 0. The van der Waals surface area contributed by atoms with Gasteiger partial charge >= 0.3 is 12.3 Å². The molecule has 0 aromatic carbocycles. The van der Waals surface area contributed by atoms with Gasteiger partial charge in [0.15, 0.2) is 0 Å². The minimum Gasteiger partial charge on any atom is -0.444 e. The Bertz CT molecular complexity index is 817. The largest absolute Gasteiger partial charge is 0.444 e. The van der Waals surface area contributed by atoms with E-state index in [1.165, 1.54) is 0 Å². The van der Waals surface area contributed by atoms with E-state index in [-0.39, 0.29) is 11.9 Å². The standard InChI is InChI=1S/C20H28F3N5O3/c1-18(2,3)31-17(30)28-6-5-19(4,13-28)15(29)26-7-9-27(10-8-26)16-24-11-14(12-25-16)20(21,22)23/h11-12H,5-10,13H2,1-4H3. The summed E-state index contributed by atoms with van der Waals surface area (Å²) in [6.07, 6.45) is -2.82. The number of nitrogens with zero attached hydrogens (tertiary/aromatic N) is 5. The van der Waals surface area contributed by atoms with Crippen LogP contribution in [0, 0.1) is 5.41 Å². The SMILES string of the molecule is CC(C)(C)OC(=O)N1CCC(C)(C(=O)N2CCN(c3ncc(C(F)(F)F)cn3)CC2)C1. The average molecular weight is 443 g/mol. The van der Waals surface area contributed by atoms with Gasteiger partial charge in [-0.1, -0.05) is 0 Å². The van der Waals surface area contributed by atoms with E-state index in [4.69, 9.17) is 4.74 Å². The van der Waals surface area contributed by atoms with Crippen LogP contribution in [0.2, 0.25) is 0 Å². The van der Waals surface area contributed by atoms with Crippen molar-refractivity contribution in [3.8, 4) is 0 Å². The van der Waals surface area contributed by atoms with Crippen LogP contribution >= 0.6 is 0 Å². The number of halogens is 3. The van der Waals surface area contributed by atoms with E-state index in [0.717, 1.165) is 12.4 Å². The minimum atomic E-state index is -4.48. The molecule has 0 N–H and O–H groups in total. The van der Waals surface area contributed by atoms with E-state index in [1.807, 2.05) is 6.92 Å².